The number of carboxylic acids is 1. The van der Waals surface area contributed by atoms with Crippen molar-refractivity contribution in [2.75, 3.05) is 6.54 Å². The molecule has 1 amide bonds. The SMILES string of the molecule is O=C(O)[C@@H]1CCCCN1C(=O)Cn1nnc2ccccc21. The number of rotatable bonds is 3. The second-order valence-corrected chi connectivity index (χ2v) is 5.17. The Hall–Kier alpha value is -2.44. The molecule has 7 nitrogen and oxygen atoms in total. The molecule has 1 saturated heterocycles. The lowest BCUT2D eigenvalue weighted by atomic mass is 10.0. The quantitative estimate of drug-likeness (QED) is 0.906. The first-order valence-electron chi connectivity index (χ1n) is 6.97. The molecule has 0 bridgehead atoms. The van der Waals surface area contributed by atoms with Crippen LogP contribution in [0.5, 0.6) is 0 Å². The van der Waals surface area contributed by atoms with E-state index in [0.29, 0.717) is 13.0 Å². The fourth-order valence-corrected chi connectivity index (χ4v) is 2.74. The van der Waals surface area contributed by atoms with E-state index in [-0.39, 0.29) is 12.5 Å². The molecule has 0 radical (unpaired) electrons. The van der Waals surface area contributed by atoms with Crippen LogP contribution in [0.3, 0.4) is 0 Å². The maximum atomic E-state index is 12.4. The summed E-state index contributed by atoms with van der Waals surface area (Å²) in [6.07, 6.45) is 2.19. The number of carbonyl (C=O) groups excluding carboxylic acids is 1. The number of nitrogens with zero attached hydrogens (tertiary/aromatic N) is 4. The number of benzene rings is 1. The van der Waals surface area contributed by atoms with Gasteiger partial charge in [0, 0.05) is 6.54 Å². The zero-order valence-corrected chi connectivity index (χ0v) is 11.5. The highest BCUT2D eigenvalue weighted by atomic mass is 16.4. The third-order valence-electron chi connectivity index (χ3n) is 3.81. The average molecular weight is 288 g/mol. The van der Waals surface area contributed by atoms with E-state index in [4.69, 9.17) is 0 Å². The molecule has 0 saturated carbocycles. The maximum absolute atomic E-state index is 12.4. The number of aliphatic carboxylic acids is 1. The highest BCUT2D eigenvalue weighted by Gasteiger charge is 2.32. The predicted octanol–water partition coefficient (Wildman–Crippen LogP) is 0.897. The van der Waals surface area contributed by atoms with E-state index in [1.165, 1.54) is 9.58 Å². The Kier molecular flexibility index (Phi) is 3.55. The zero-order valence-electron chi connectivity index (χ0n) is 11.5. The number of amides is 1. The Bertz CT molecular complexity index is 682. The van der Waals surface area contributed by atoms with Crippen LogP contribution in [0.4, 0.5) is 0 Å². The molecule has 21 heavy (non-hydrogen) atoms. The maximum Gasteiger partial charge on any atom is 0.326 e. The van der Waals surface area contributed by atoms with Crippen LogP contribution >= 0.6 is 0 Å². The van der Waals surface area contributed by atoms with E-state index in [0.717, 1.165) is 23.9 Å². The zero-order chi connectivity index (χ0) is 14.8. The molecule has 0 unspecified atom stereocenters. The summed E-state index contributed by atoms with van der Waals surface area (Å²) < 4.78 is 1.52. The number of carboxylic acid groups (broad SMARTS) is 1. The third kappa shape index (κ3) is 2.58. The Morgan fingerprint density at radius 2 is 2.10 bits per heavy atom. The van der Waals surface area contributed by atoms with Crippen molar-refractivity contribution in [3.8, 4) is 0 Å². The molecule has 1 aliphatic heterocycles. The number of para-hydroxylation sites is 1. The van der Waals surface area contributed by atoms with Gasteiger partial charge < -0.3 is 10.0 Å². The van der Waals surface area contributed by atoms with Gasteiger partial charge in [0.15, 0.2) is 0 Å². The van der Waals surface area contributed by atoms with E-state index in [2.05, 4.69) is 10.3 Å². The molecule has 7 heteroatoms. The first-order chi connectivity index (χ1) is 10.2. The molecule has 1 atom stereocenters. The minimum atomic E-state index is -0.938. The summed E-state index contributed by atoms with van der Waals surface area (Å²) in [5, 5.41) is 17.2. The van der Waals surface area contributed by atoms with Gasteiger partial charge >= 0.3 is 5.97 Å². The van der Waals surface area contributed by atoms with E-state index in [9.17, 15) is 14.7 Å². The van der Waals surface area contributed by atoms with Crippen LogP contribution in [-0.4, -0.2) is 49.5 Å². The van der Waals surface area contributed by atoms with E-state index in [1.807, 2.05) is 24.3 Å². The van der Waals surface area contributed by atoms with E-state index < -0.39 is 12.0 Å². The lowest BCUT2D eigenvalue weighted by molar-refractivity contribution is -0.152. The van der Waals surface area contributed by atoms with Crippen LogP contribution in [0.2, 0.25) is 0 Å². The molecular formula is C14H16N4O3. The fourth-order valence-electron chi connectivity index (χ4n) is 2.74. The number of carbonyl (C=O) groups is 2. The molecule has 1 fully saturated rings. The summed E-state index contributed by atoms with van der Waals surface area (Å²) in [6, 6.07) is 6.65. The van der Waals surface area contributed by atoms with Gasteiger partial charge in [-0.1, -0.05) is 17.3 Å². The molecular weight excluding hydrogens is 272 g/mol. The molecule has 3 rings (SSSR count). The highest BCUT2D eigenvalue weighted by Crippen LogP contribution is 2.18. The number of hydrogen-bond acceptors (Lipinski definition) is 4. The van der Waals surface area contributed by atoms with Crippen molar-refractivity contribution >= 4 is 22.9 Å². The topological polar surface area (TPSA) is 88.3 Å². The van der Waals surface area contributed by atoms with E-state index in [1.54, 1.807) is 0 Å². The Morgan fingerprint density at radius 1 is 1.29 bits per heavy atom. The molecule has 1 N–H and O–H groups in total. The largest absolute Gasteiger partial charge is 0.480 e. The monoisotopic (exact) mass is 288 g/mol. The summed E-state index contributed by atoms with van der Waals surface area (Å²) in [7, 11) is 0. The summed E-state index contributed by atoms with van der Waals surface area (Å²) in [5.74, 6) is -1.16. The molecule has 0 spiro atoms. The van der Waals surface area contributed by atoms with Crippen molar-refractivity contribution in [2.45, 2.75) is 31.8 Å². The van der Waals surface area contributed by atoms with Crippen LogP contribution in [0, 0.1) is 0 Å². The van der Waals surface area contributed by atoms with Gasteiger partial charge in [-0.2, -0.15) is 0 Å². The van der Waals surface area contributed by atoms with Crippen LogP contribution in [0.1, 0.15) is 19.3 Å². The number of piperidine rings is 1. The molecule has 1 aromatic heterocycles. The van der Waals surface area contributed by atoms with Crippen molar-refractivity contribution in [3.05, 3.63) is 24.3 Å². The molecule has 2 aromatic rings. The Labute approximate surface area is 121 Å². The Morgan fingerprint density at radius 3 is 2.90 bits per heavy atom. The summed E-state index contributed by atoms with van der Waals surface area (Å²) in [6.45, 7) is 0.507. The molecule has 2 heterocycles. The first kappa shape index (κ1) is 13.5. The van der Waals surface area contributed by atoms with Gasteiger partial charge in [0.1, 0.15) is 18.1 Å². The van der Waals surface area contributed by atoms with Crippen molar-refractivity contribution < 1.29 is 14.7 Å². The summed E-state index contributed by atoms with van der Waals surface area (Å²) in [4.78, 5) is 25.1. The lowest BCUT2D eigenvalue weighted by Gasteiger charge is -2.32. The lowest BCUT2D eigenvalue weighted by Crippen LogP contribution is -2.49. The van der Waals surface area contributed by atoms with Crippen LogP contribution in [0.25, 0.3) is 11.0 Å². The van der Waals surface area contributed by atoms with E-state index >= 15 is 0 Å². The first-order valence-corrected chi connectivity index (χ1v) is 6.97. The predicted molar refractivity (Wildman–Crippen MR) is 74.5 cm³/mol. The van der Waals surface area contributed by atoms with Crippen molar-refractivity contribution in [3.63, 3.8) is 0 Å². The number of hydrogen-bond donors (Lipinski definition) is 1. The van der Waals surface area contributed by atoms with Crippen molar-refractivity contribution in [1.82, 2.24) is 19.9 Å². The third-order valence-corrected chi connectivity index (χ3v) is 3.81. The number of likely N-dealkylation sites (tertiary alicyclic amines) is 1. The van der Waals surface area contributed by atoms with Gasteiger partial charge in [-0.25, -0.2) is 9.48 Å². The molecule has 110 valence electrons. The molecule has 1 aliphatic rings. The summed E-state index contributed by atoms with van der Waals surface area (Å²) in [5.41, 5.74) is 1.49. The Balaban J connectivity index is 1.80. The summed E-state index contributed by atoms with van der Waals surface area (Å²) >= 11 is 0. The van der Waals surface area contributed by atoms with Gasteiger partial charge in [0.05, 0.1) is 5.52 Å². The average Bonchev–Trinajstić information content (AvgIpc) is 2.90. The second-order valence-electron chi connectivity index (χ2n) is 5.17. The van der Waals surface area contributed by atoms with Gasteiger partial charge in [0.2, 0.25) is 5.91 Å². The normalized spacial score (nSPS) is 18.9. The second kappa shape index (κ2) is 5.51. The van der Waals surface area contributed by atoms with Gasteiger partial charge in [0.25, 0.3) is 0 Å². The van der Waals surface area contributed by atoms with Crippen LogP contribution < -0.4 is 0 Å². The molecule has 1 aromatic carbocycles. The van der Waals surface area contributed by atoms with Gasteiger partial charge in [-0.05, 0) is 31.4 Å². The highest BCUT2D eigenvalue weighted by molar-refractivity contribution is 5.85. The van der Waals surface area contributed by atoms with Gasteiger partial charge in [-0.15, -0.1) is 5.10 Å². The fraction of sp³-hybridized carbons (Fsp3) is 0.429. The number of fused-ring (bicyclic) bond motifs is 1. The van der Waals surface area contributed by atoms with Gasteiger partial charge in [-0.3, -0.25) is 4.79 Å². The van der Waals surface area contributed by atoms with Crippen molar-refractivity contribution in [1.29, 1.82) is 0 Å². The van der Waals surface area contributed by atoms with Crippen molar-refractivity contribution in [2.24, 2.45) is 0 Å². The number of aromatic nitrogens is 3. The molecule has 0 aliphatic carbocycles. The smallest absolute Gasteiger partial charge is 0.326 e. The standard InChI is InChI=1S/C14H16N4O3/c19-13(17-8-4-3-7-12(17)14(20)21)9-18-11-6-2-1-5-10(11)15-16-18/h1-2,5-6,12H,3-4,7-9H2,(H,20,21)/t12-/m0/s1. The van der Waals surface area contributed by atoms with Crippen LogP contribution in [-0.2, 0) is 16.1 Å². The minimum Gasteiger partial charge on any atom is -0.480 e. The minimum absolute atomic E-state index is 0.0181. The van der Waals surface area contributed by atoms with Crippen LogP contribution in [0.15, 0.2) is 24.3 Å².